The van der Waals surface area contributed by atoms with E-state index in [1.165, 1.54) is 16.2 Å². The van der Waals surface area contributed by atoms with Crippen molar-refractivity contribution >= 4 is 46.3 Å². The number of carbonyl (C=O) groups excluding carboxylic acids is 2. The number of nitrogens with zero attached hydrogens (tertiary/aromatic N) is 3. The Hall–Kier alpha value is -4.80. The lowest BCUT2D eigenvalue weighted by Crippen LogP contribution is -2.39. The van der Waals surface area contributed by atoms with Crippen molar-refractivity contribution in [2.45, 2.75) is 66.3 Å². The molecular formula is C39H38N4O4S2. The van der Waals surface area contributed by atoms with Crippen LogP contribution in [-0.4, -0.2) is 27.6 Å². The number of hydrogen-bond acceptors (Lipinski definition) is 7. The molecule has 3 aromatic heterocycles. The monoisotopic (exact) mass is 690 g/mol. The van der Waals surface area contributed by atoms with Gasteiger partial charge >= 0.3 is 5.97 Å². The number of aromatic nitrogens is 2. The van der Waals surface area contributed by atoms with Crippen LogP contribution >= 0.6 is 22.7 Å². The largest absolute Gasteiger partial charge is 0.463 e. The molecule has 1 amide bonds. The molecule has 49 heavy (non-hydrogen) atoms. The van der Waals surface area contributed by atoms with E-state index in [0.717, 1.165) is 75.6 Å². The van der Waals surface area contributed by atoms with Gasteiger partial charge in [-0.1, -0.05) is 59.4 Å². The zero-order valence-corrected chi connectivity index (χ0v) is 29.9. The molecule has 0 spiro atoms. The topological polar surface area (TPSA) is 94.7 Å². The minimum atomic E-state index is -0.659. The first kappa shape index (κ1) is 32.7. The maximum absolute atomic E-state index is 14.3. The number of esters is 1. The van der Waals surface area contributed by atoms with Crippen LogP contribution in [-0.2, 0) is 22.4 Å². The van der Waals surface area contributed by atoms with Crippen LogP contribution in [0.4, 0.5) is 5.69 Å². The number of benzene rings is 2. The summed E-state index contributed by atoms with van der Waals surface area (Å²) in [7, 11) is 0. The van der Waals surface area contributed by atoms with Gasteiger partial charge in [0.25, 0.3) is 11.5 Å². The van der Waals surface area contributed by atoms with Crippen LogP contribution in [0.3, 0.4) is 0 Å². The molecule has 1 N–H and O–H groups in total. The number of thiazole rings is 1. The number of thiophene rings is 1. The van der Waals surface area contributed by atoms with Gasteiger partial charge in [-0.15, -0.1) is 11.3 Å². The highest BCUT2D eigenvalue weighted by atomic mass is 32.1. The molecule has 0 unspecified atom stereocenters. The Morgan fingerprint density at radius 2 is 1.73 bits per heavy atom. The zero-order valence-electron chi connectivity index (χ0n) is 28.3. The van der Waals surface area contributed by atoms with Crippen molar-refractivity contribution in [2.24, 2.45) is 4.99 Å². The number of aryl methyl sites for hydroxylation is 3. The van der Waals surface area contributed by atoms with E-state index in [-0.39, 0.29) is 18.1 Å². The zero-order chi connectivity index (χ0) is 34.4. The summed E-state index contributed by atoms with van der Waals surface area (Å²) in [6, 6.07) is 18.8. The summed E-state index contributed by atoms with van der Waals surface area (Å²) < 4.78 is 9.74. The molecule has 250 valence electrons. The van der Waals surface area contributed by atoms with Crippen LogP contribution in [0.5, 0.6) is 0 Å². The highest BCUT2D eigenvalue weighted by molar-refractivity contribution is 7.15. The van der Waals surface area contributed by atoms with Gasteiger partial charge in [-0.05, 0) is 101 Å². The normalized spacial score (nSPS) is 15.9. The molecule has 1 atom stereocenters. The van der Waals surface area contributed by atoms with Gasteiger partial charge in [-0.25, -0.2) is 9.79 Å². The van der Waals surface area contributed by atoms with Gasteiger partial charge in [-0.2, -0.15) is 0 Å². The van der Waals surface area contributed by atoms with E-state index >= 15 is 0 Å². The third kappa shape index (κ3) is 5.93. The van der Waals surface area contributed by atoms with Crippen LogP contribution in [0.1, 0.15) is 81.6 Å². The number of para-hydroxylation sites is 1. The number of rotatable bonds is 7. The predicted octanol–water partition coefficient (Wildman–Crippen LogP) is 6.71. The summed E-state index contributed by atoms with van der Waals surface area (Å²) in [6.07, 6.45) is 5.93. The van der Waals surface area contributed by atoms with Gasteiger partial charge in [0.1, 0.15) is 5.00 Å². The first-order chi connectivity index (χ1) is 23.7. The van der Waals surface area contributed by atoms with Crippen molar-refractivity contribution in [3.63, 3.8) is 0 Å². The Balaban J connectivity index is 1.35. The molecule has 10 heteroatoms. The van der Waals surface area contributed by atoms with Crippen LogP contribution in [0.15, 0.2) is 81.7 Å². The quantitative estimate of drug-likeness (QED) is 0.192. The van der Waals surface area contributed by atoms with Crippen molar-refractivity contribution in [1.29, 1.82) is 0 Å². The third-order valence-electron chi connectivity index (χ3n) is 9.28. The van der Waals surface area contributed by atoms with E-state index in [2.05, 4.69) is 16.0 Å². The number of carbonyl (C=O) groups is 2. The van der Waals surface area contributed by atoms with Crippen LogP contribution in [0.25, 0.3) is 11.1 Å². The molecule has 0 saturated carbocycles. The van der Waals surface area contributed by atoms with E-state index in [1.807, 2.05) is 81.4 Å². The summed E-state index contributed by atoms with van der Waals surface area (Å²) in [5, 5.41) is 4.03. The number of anilines is 1. The molecule has 2 aromatic carbocycles. The van der Waals surface area contributed by atoms with Gasteiger partial charge in [0, 0.05) is 22.0 Å². The van der Waals surface area contributed by atoms with Crippen LogP contribution < -0.4 is 20.2 Å². The highest BCUT2D eigenvalue weighted by Gasteiger charge is 2.33. The van der Waals surface area contributed by atoms with Gasteiger partial charge in [0.05, 0.1) is 34.0 Å². The van der Waals surface area contributed by atoms with Crippen molar-refractivity contribution in [2.75, 3.05) is 11.9 Å². The van der Waals surface area contributed by atoms with Crippen LogP contribution in [0, 0.1) is 20.8 Å². The molecule has 5 aromatic rings. The lowest BCUT2D eigenvalue weighted by molar-refractivity contribution is -0.139. The summed E-state index contributed by atoms with van der Waals surface area (Å²) in [5.41, 5.74) is 8.02. The Labute approximate surface area is 292 Å². The van der Waals surface area contributed by atoms with Crippen LogP contribution in [0.2, 0.25) is 0 Å². The molecule has 1 aliphatic carbocycles. The predicted molar refractivity (Wildman–Crippen MR) is 196 cm³/mol. The maximum atomic E-state index is 14.3. The number of allylic oxidation sites excluding steroid dienone is 1. The number of amides is 1. The fourth-order valence-electron chi connectivity index (χ4n) is 6.90. The second kappa shape index (κ2) is 13.2. The van der Waals surface area contributed by atoms with Crippen molar-refractivity contribution in [1.82, 2.24) is 9.13 Å². The summed E-state index contributed by atoms with van der Waals surface area (Å²) in [6.45, 7) is 9.86. The van der Waals surface area contributed by atoms with E-state index in [9.17, 15) is 14.4 Å². The molecule has 0 fully saturated rings. The van der Waals surface area contributed by atoms with Gasteiger partial charge < -0.3 is 14.6 Å². The molecule has 8 nitrogen and oxygen atoms in total. The van der Waals surface area contributed by atoms with Crippen molar-refractivity contribution in [3.8, 4) is 5.00 Å². The maximum Gasteiger partial charge on any atom is 0.338 e. The number of fused-ring (bicyclic) bond motifs is 2. The second-order valence-electron chi connectivity index (χ2n) is 12.6. The Morgan fingerprint density at radius 1 is 1.00 bits per heavy atom. The summed E-state index contributed by atoms with van der Waals surface area (Å²) in [5.74, 6) is -0.579. The lowest BCUT2D eigenvalue weighted by Gasteiger charge is -2.24. The molecule has 0 radical (unpaired) electrons. The smallest absolute Gasteiger partial charge is 0.338 e. The highest BCUT2D eigenvalue weighted by Crippen LogP contribution is 2.39. The lowest BCUT2D eigenvalue weighted by atomic mass is 9.95. The standard InChI is InChI=1S/C39H38N4O4S2/c1-6-47-38(46)32-24(4)40-39-43(34(32)26-18-16-22(2)17-19-26)36(45)31(49-39)21-27-20-23(3)42(25(27)5)37-33(29-14-10-11-15-30(29)48-37)35(44)41-28-12-8-7-9-13-28/h7-9,12-13,16-21,34H,6,10-11,14-15H2,1-5H3,(H,41,44)/b31-21+/t34-/m1/s1. The van der Waals surface area contributed by atoms with Crippen molar-refractivity contribution in [3.05, 3.63) is 136 Å². The molecule has 7 rings (SSSR count). The van der Waals surface area contributed by atoms with Gasteiger partial charge in [-0.3, -0.25) is 14.2 Å². The average molecular weight is 691 g/mol. The molecule has 0 saturated heterocycles. The fraction of sp³-hybridized carbons (Fsp3) is 0.282. The number of ether oxygens (including phenoxy) is 1. The average Bonchev–Trinajstić information content (AvgIpc) is 3.70. The summed E-state index contributed by atoms with van der Waals surface area (Å²) >= 11 is 3.01. The minimum Gasteiger partial charge on any atom is -0.463 e. The summed E-state index contributed by atoms with van der Waals surface area (Å²) in [4.78, 5) is 48.0. The molecular weight excluding hydrogens is 653 g/mol. The third-order valence-corrected chi connectivity index (χ3v) is 11.5. The van der Waals surface area contributed by atoms with Crippen molar-refractivity contribution < 1.29 is 14.3 Å². The first-order valence-corrected chi connectivity index (χ1v) is 18.3. The molecule has 2 aliphatic rings. The van der Waals surface area contributed by atoms with E-state index < -0.39 is 12.0 Å². The fourth-order valence-corrected chi connectivity index (χ4v) is 9.44. The minimum absolute atomic E-state index is 0.105. The molecule has 1 aliphatic heterocycles. The molecule has 0 bridgehead atoms. The Kier molecular flexibility index (Phi) is 8.85. The van der Waals surface area contributed by atoms with E-state index in [1.54, 1.807) is 29.8 Å². The number of hydrogen-bond donors (Lipinski definition) is 1. The van der Waals surface area contributed by atoms with Gasteiger partial charge in [0.15, 0.2) is 4.80 Å². The van der Waals surface area contributed by atoms with Gasteiger partial charge in [0.2, 0.25) is 0 Å². The van der Waals surface area contributed by atoms with E-state index in [4.69, 9.17) is 9.73 Å². The van der Waals surface area contributed by atoms with E-state index in [0.29, 0.717) is 20.6 Å². The Morgan fingerprint density at radius 3 is 2.47 bits per heavy atom. The number of nitrogens with one attached hydrogen (secondary N) is 1. The Bertz CT molecular complexity index is 2320. The SMILES string of the molecule is CCOC(=O)C1=C(C)N=c2s/c(=C/c3cc(C)n(-c4sc5c(c4C(=O)Nc4ccccc4)CCCC5)c3C)c(=O)n2[C@@H]1c1ccc(C)cc1. The second-order valence-corrected chi connectivity index (χ2v) is 14.7. The first-order valence-electron chi connectivity index (χ1n) is 16.6. The molecule has 4 heterocycles.